The summed E-state index contributed by atoms with van der Waals surface area (Å²) in [6.45, 7) is 4.07. The van der Waals surface area contributed by atoms with Crippen molar-refractivity contribution in [3.63, 3.8) is 0 Å². The van der Waals surface area contributed by atoms with Crippen LogP contribution in [0.25, 0.3) is 0 Å². The molecule has 2 N–H and O–H groups in total. The Kier molecular flexibility index (Phi) is 4.22. The molecule has 0 aliphatic carbocycles. The lowest BCUT2D eigenvalue weighted by Crippen LogP contribution is -2.35. The van der Waals surface area contributed by atoms with Crippen LogP contribution in [0.1, 0.15) is 34.2 Å². The van der Waals surface area contributed by atoms with E-state index in [-0.39, 0.29) is 12.5 Å². The average Bonchev–Trinajstić information content (AvgIpc) is 2.55. The number of fused-ring (bicyclic) bond motifs is 1. The van der Waals surface area contributed by atoms with Crippen molar-refractivity contribution >= 4 is 17.3 Å². The summed E-state index contributed by atoms with van der Waals surface area (Å²) in [6, 6.07) is 6.82. The quantitative estimate of drug-likeness (QED) is 0.819. The summed E-state index contributed by atoms with van der Waals surface area (Å²) in [5.41, 5.74) is 10.5. The van der Waals surface area contributed by atoms with Crippen LogP contribution in [0, 0.1) is 13.8 Å². The van der Waals surface area contributed by atoms with Crippen LogP contribution in [0.2, 0.25) is 0 Å². The summed E-state index contributed by atoms with van der Waals surface area (Å²) >= 11 is 0. The van der Waals surface area contributed by atoms with Crippen LogP contribution >= 0.6 is 0 Å². The summed E-state index contributed by atoms with van der Waals surface area (Å²) in [7, 11) is 0. The van der Waals surface area contributed by atoms with Gasteiger partial charge in [0.2, 0.25) is 5.91 Å². The van der Waals surface area contributed by atoms with E-state index in [1.54, 1.807) is 4.90 Å². The third-order valence-corrected chi connectivity index (χ3v) is 4.75. The van der Waals surface area contributed by atoms with Gasteiger partial charge in [-0.25, -0.2) is 0 Å². The second kappa shape index (κ2) is 6.10. The molecule has 2 aromatic rings. The molecule has 6 heteroatoms. The van der Waals surface area contributed by atoms with E-state index in [1.807, 2.05) is 19.9 Å². The first-order valence-electron chi connectivity index (χ1n) is 8.03. The highest BCUT2D eigenvalue weighted by molar-refractivity contribution is 5.97. The molecule has 0 unspecified atom stereocenters. The Hall–Kier alpha value is -2.50. The minimum atomic E-state index is -4.36. The number of carbonyl (C=O) groups is 1. The number of amides is 1. The van der Waals surface area contributed by atoms with Crippen molar-refractivity contribution in [2.24, 2.45) is 0 Å². The van der Waals surface area contributed by atoms with Gasteiger partial charge in [-0.2, -0.15) is 13.2 Å². The number of rotatable bonds is 2. The first kappa shape index (κ1) is 17.3. The van der Waals surface area contributed by atoms with E-state index in [0.29, 0.717) is 18.4 Å². The predicted octanol–water partition coefficient (Wildman–Crippen LogP) is 4.38. The van der Waals surface area contributed by atoms with Crippen LogP contribution in [0.4, 0.5) is 24.5 Å². The number of anilines is 2. The third-order valence-electron chi connectivity index (χ3n) is 4.75. The molecular weight excluding hydrogens is 329 g/mol. The van der Waals surface area contributed by atoms with E-state index in [0.717, 1.165) is 40.2 Å². The molecule has 0 saturated heterocycles. The maximum Gasteiger partial charge on any atom is 0.416 e. The molecule has 0 bridgehead atoms. The fourth-order valence-corrected chi connectivity index (χ4v) is 3.23. The molecule has 25 heavy (non-hydrogen) atoms. The summed E-state index contributed by atoms with van der Waals surface area (Å²) in [5, 5.41) is 0. The van der Waals surface area contributed by atoms with Gasteiger partial charge in [0.05, 0.1) is 12.1 Å². The van der Waals surface area contributed by atoms with Crippen molar-refractivity contribution in [2.45, 2.75) is 39.4 Å². The fourth-order valence-electron chi connectivity index (χ4n) is 3.23. The maximum atomic E-state index is 12.7. The number of benzene rings is 2. The molecule has 3 nitrogen and oxygen atoms in total. The van der Waals surface area contributed by atoms with Gasteiger partial charge in [0.15, 0.2) is 0 Å². The van der Waals surface area contributed by atoms with Gasteiger partial charge in [-0.15, -0.1) is 0 Å². The lowest BCUT2D eigenvalue weighted by molar-refractivity contribution is -0.137. The zero-order valence-electron chi connectivity index (χ0n) is 14.1. The molecular formula is C19H19F3N2O. The van der Waals surface area contributed by atoms with E-state index in [1.165, 1.54) is 12.1 Å². The predicted molar refractivity (Wildman–Crippen MR) is 91.3 cm³/mol. The molecule has 0 atom stereocenters. The van der Waals surface area contributed by atoms with Crippen molar-refractivity contribution in [1.29, 1.82) is 0 Å². The Bertz CT molecular complexity index is 826. The topological polar surface area (TPSA) is 46.3 Å². The van der Waals surface area contributed by atoms with Crippen molar-refractivity contribution < 1.29 is 18.0 Å². The van der Waals surface area contributed by atoms with Gasteiger partial charge in [0.1, 0.15) is 0 Å². The van der Waals surface area contributed by atoms with Crippen LogP contribution < -0.4 is 10.6 Å². The first-order chi connectivity index (χ1) is 11.7. The number of hydrogen-bond acceptors (Lipinski definition) is 2. The van der Waals surface area contributed by atoms with E-state index in [2.05, 4.69) is 0 Å². The smallest absolute Gasteiger partial charge is 0.398 e. The van der Waals surface area contributed by atoms with Gasteiger partial charge in [0, 0.05) is 17.8 Å². The van der Waals surface area contributed by atoms with E-state index in [4.69, 9.17) is 5.73 Å². The Morgan fingerprint density at radius 3 is 2.36 bits per heavy atom. The summed E-state index contributed by atoms with van der Waals surface area (Å²) in [5.74, 6) is -0.0315. The van der Waals surface area contributed by atoms with Gasteiger partial charge in [-0.05, 0) is 60.7 Å². The number of hydrogen-bond donors (Lipinski definition) is 1. The number of halogens is 3. The number of alkyl halides is 3. The minimum Gasteiger partial charge on any atom is -0.398 e. The number of nitrogen functional groups attached to an aromatic ring is 1. The highest BCUT2D eigenvalue weighted by Crippen LogP contribution is 2.36. The average molecular weight is 348 g/mol. The van der Waals surface area contributed by atoms with Crippen molar-refractivity contribution in [2.75, 3.05) is 10.6 Å². The summed E-state index contributed by atoms with van der Waals surface area (Å²) < 4.78 is 38.1. The molecule has 1 aliphatic rings. The Morgan fingerprint density at radius 1 is 1.12 bits per heavy atom. The van der Waals surface area contributed by atoms with Gasteiger partial charge < -0.3 is 10.6 Å². The molecule has 0 aromatic heterocycles. The molecule has 0 saturated carbocycles. The zero-order valence-corrected chi connectivity index (χ0v) is 14.1. The van der Waals surface area contributed by atoms with Crippen molar-refractivity contribution in [3.05, 3.63) is 58.1 Å². The van der Waals surface area contributed by atoms with E-state index < -0.39 is 11.7 Å². The van der Waals surface area contributed by atoms with Gasteiger partial charge in [-0.1, -0.05) is 12.1 Å². The van der Waals surface area contributed by atoms with Gasteiger partial charge >= 0.3 is 6.18 Å². The highest BCUT2D eigenvalue weighted by Gasteiger charge is 2.30. The van der Waals surface area contributed by atoms with Crippen molar-refractivity contribution in [3.8, 4) is 0 Å². The molecule has 1 aliphatic heterocycles. The summed E-state index contributed by atoms with van der Waals surface area (Å²) in [6.07, 6.45) is -3.36. The monoisotopic (exact) mass is 348 g/mol. The number of nitrogens with two attached hydrogens (primary N) is 1. The van der Waals surface area contributed by atoms with Crippen LogP contribution in [0.15, 0.2) is 30.3 Å². The largest absolute Gasteiger partial charge is 0.416 e. The minimum absolute atomic E-state index is 0.0315. The maximum absolute atomic E-state index is 12.7. The number of nitrogens with zero attached hydrogens (tertiary/aromatic N) is 1. The highest BCUT2D eigenvalue weighted by atomic mass is 19.4. The second-order valence-corrected chi connectivity index (χ2v) is 6.40. The van der Waals surface area contributed by atoms with Crippen molar-refractivity contribution in [1.82, 2.24) is 0 Å². The van der Waals surface area contributed by atoms with E-state index >= 15 is 0 Å². The third kappa shape index (κ3) is 3.21. The SMILES string of the molecule is Cc1cc2c(c(C)c1N)CCC(=O)N2Cc1ccc(C(F)(F)F)cc1. The lowest BCUT2D eigenvalue weighted by Gasteiger charge is -2.32. The van der Waals surface area contributed by atoms with Crippen LogP contribution in [0.3, 0.4) is 0 Å². The van der Waals surface area contributed by atoms with Crippen LogP contribution in [-0.2, 0) is 23.9 Å². The Balaban J connectivity index is 1.95. The molecule has 2 aromatic carbocycles. The molecule has 1 amide bonds. The Morgan fingerprint density at radius 2 is 1.76 bits per heavy atom. The number of aryl methyl sites for hydroxylation is 1. The zero-order chi connectivity index (χ0) is 18.4. The Labute approximate surface area is 144 Å². The lowest BCUT2D eigenvalue weighted by atomic mass is 9.92. The molecule has 0 radical (unpaired) electrons. The first-order valence-corrected chi connectivity index (χ1v) is 8.03. The fraction of sp³-hybridized carbons (Fsp3) is 0.316. The molecule has 1 heterocycles. The molecule has 0 fully saturated rings. The normalized spacial score (nSPS) is 14.6. The standard InChI is InChI=1S/C19H19F3N2O/c1-11-9-16-15(12(2)18(11)23)7-8-17(25)24(16)10-13-3-5-14(6-4-13)19(20,21)22/h3-6,9H,7-8,10,23H2,1-2H3. The van der Waals surface area contributed by atoms with Crippen LogP contribution in [-0.4, -0.2) is 5.91 Å². The van der Waals surface area contributed by atoms with E-state index in [9.17, 15) is 18.0 Å². The van der Waals surface area contributed by atoms with Gasteiger partial charge in [-0.3, -0.25) is 4.79 Å². The molecule has 132 valence electrons. The second-order valence-electron chi connectivity index (χ2n) is 6.40. The van der Waals surface area contributed by atoms with Crippen LogP contribution in [0.5, 0.6) is 0 Å². The molecule has 0 spiro atoms. The number of carbonyl (C=O) groups excluding carboxylic acids is 1. The summed E-state index contributed by atoms with van der Waals surface area (Å²) in [4.78, 5) is 14.0. The van der Waals surface area contributed by atoms with Gasteiger partial charge in [0.25, 0.3) is 0 Å². The molecule has 3 rings (SSSR count).